The van der Waals surface area contributed by atoms with Gasteiger partial charge in [-0.05, 0) is 11.0 Å². The van der Waals surface area contributed by atoms with Gasteiger partial charge in [-0.2, -0.15) is 0 Å². The van der Waals surface area contributed by atoms with Crippen LogP contribution >= 0.6 is 0 Å². The fourth-order valence-corrected chi connectivity index (χ4v) is 8.71. The zero-order chi connectivity index (χ0) is 12.7. The molecule has 0 amide bonds. The van der Waals surface area contributed by atoms with Gasteiger partial charge in [-0.3, -0.25) is 0 Å². The summed E-state index contributed by atoms with van der Waals surface area (Å²) in [6, 6.07) is 8.80. The fourth-order valence-electron chi connectivity index (χ4n) is 2.92. The number of allylic oxidation sites excluding steroid dienone is 1. The molecule has 100 valence electrons. The van der Waals surface area contributed by atoms with Gasteiger partial charge < -0.3 is 0 Å². The molecule has 1 aromatic carbocycles. The van der Waals surface area contributed by atoms with Gasteiger partial charge in [-0.15, -0.1) is 0 Å². The summed E-state index contributed by atoms with van der Waals surface area (Å²) in [5.74, 6) is 0. The van der Waals surface area contributed by atoms with Crippen molar-refractivity contribution in [3.63, 3.8) is 0 Å². The summed E-state index contributed by atoms with van der Waals surface area (Å²) in [6.07, 6.45) is 4.70. The number of rotatable bonds is 2. The predicted octanol–water partition coefficient (Wildman–Crippen LogP) is 2.86. The summed E-state index contributed by atoms with van der Waals surface area (Å²) in [5.41, 5.74) is 3.15. The molecule has 0 aliphatic heterocycles. The van der Waals surface area contributed by atoms with Crippen molar-refractivity contribution in [2.24, 2.45) is 0 Å². The van der Waals surface area contributed by atoms with Crippen molar-refractivity contribution in [2.75, 3.05) is 0 Å². The summed E-state index contributed by atoms with van der Waals surface area (Å²) in [7, 11) is 0. The van der Waals surface area contributed by atoms with Crippen molar-refractivity contribution in [1.82, 2.24) is 3.80 Å². The third-order valence-corrected chi connectivity index (χ3v) is 8.67. The van der Waals surface area contributed by atoms with E-state index in [0.717, 1.165) is 0 Å². The van der Waals surface area contributed by atoms with Crippen LogP contribution in [0, 0.1) is 0 Å². The van der Waals surface area contributed by atoms with Crippen molar-refractivity contribution in [3.05, 3.63) is 41.5 Å². The van der Waals surface area contributed by atoms with Crippen LogP contribution in [0.4, 0.5) is 0 Å². The van der Waals surface area contributed by atoms with Crippen molar-refractivity contribution in [3.8, 4) is 0 Å². The molecule has 1 aliphatic carbocycles. The molecule has 18 heavy (non-hydrogen) atoms. The Labute approximate surface area is 120 Å². The standard InChI is InChI=1S/C9H7.C4H10N.2CH3.H4Si.Ti/c1-2-5-9-7-3-6-8(9)4-1;1-4(2,3)5;;;;/h1-7H;5H,1-3H3;2*1H3;1H4;/q;-1;;;;+1. The van der Waals surface area contributed by atoms with Crippen molar-refractivity contribution in [2.45, 2.75) is 41.0 Å². The Bertz CT molecular complexity index is 446. The van der Waals surface area contributed by atoms with E-state index in [0.29, 0.717) is 4.22 Å². The maximum Gasteiger partial charge on any atom is -0.0149 e. The summed E-state index contributed by atoms with van der Waals surface area (Å²) in [4.78, 5) is 0. The molecule has 0 spiro atoms. The second-order valence-electron chi connectivity index (χ2n) is 6.56. The van der Waals surface area contributed by atoms with Crippen molar-refractivity contribution < 1.29 is 16.8 Å². The minimum Gasteiger partial charge on any atom is -0.0149 e. The molecule has 1 nitrogen and oxygen atoms in total. The van der Waals surface area contributed by atoms with Gasteiger partial charge in [0.25, 0.3) is 0 Å². The molecule has 1 aliphatic rings. The van der Waals surface area contributed by atoms with E-state index in [1.807, 2.05) is 0 Å². The Morgan fingerprint density at radius 2 is 1.72 bits per heavy atom. The largest absolute Gasteiger partial charge is 0.0149 e. The van der Waals surface area contributed by atoms with E-state index in [-0.39, 0.29) is 16.5 Å². The van der Waals surface area contributed by atoms with Gasteiger partial charge in [0.15, 0.2) is 0 Å². The average molecular weight is 297 g/mol. The molecule has 0 aromatic heterocycles. The van der Waals surface area contributed by atoms with Gasteiger partial charge in [0, 0.05) is 0 Å². The van der Waals surface area contributed by atoms with Crippen molar-refractivity contribution >= 4 is 17.0 Å². The third kappa shape index (κ3) is 3.45. The Kier molecular flexibility index (Phi) is 4.82. The van der Waals surface area contributed by atoms with Gasteiger partial charge in [0.1, 0.15) is 0 Å². The number of hydrogen-bond donors (Lipinski definition) is 1. The molecule has 1 aromatic rings. The SMILES string of the molecule is CC(C)(C)[NH][Ti]([CH3])([CH3])[CH]1C=Cc2ccccc21.[SiH4]. The monoisotopic (exact) mass is 297 g/mol. The molecule has 0 radical (unpaired) electrons. The van der Waals surface area contributed by atoms with E-state index in [1.165, 1.54) is 11.1 Å². The van der Waals surface area contributed by atoms with E-state index in [4.69, 9.17) is 0 Å². The molecular formula is C15H27NSiTi. The van der Waals surface area contributed by atoms with E-state index >= 15 is 0 Å². The number of benzene rings is 1. The molecule has 1 atom stereocenters. The Morgan fingerprint density at radius 3 is 2.33 bits per heavy atom. The van der Waals surface area contributed by atoms with Crippen LogP contribution in [0.15, 0.2) is 30.3 Å². The van der Waals surface area contributed by atoms with Crippen LogP contribution in [-0.2, 0) is 16.8 Å². The van der Waals surface area contributed by atoms with Crippen molar-refractivity contribution in [1.29, 1.82) is 0 Å². The summed E-state index contributed by atoms with van der Waals surface area (Å²) < 4.78 is 4.56. The first-order valence-corrected chi connectivity index (χ1v) is 11.2. The van der Waals surface area contributed by atoms with Crippen LogP contribution in [0.5, 0.6) is 0 Å². The van der Waals surface area contributed by atoms with E-state index in [2.05, 4.69) is 71.4 Å². The quantitative estimate of drug-likeness (QED) is 0.828. The fraction of sp³-hybridized carbons (Fsp3) is 0.467. The summed E-state index contributed by atoms with van der Waals surface area (Å²) >= 11 is -2.04. The smallest absolute Gasteiger partial charge is 0.0149 e. The number of hydrogen-bond acceptors (Lipinski definition) is 1. The molecule has 1 N–H and O–H groups in total. The molecule has 0 saturated heterocycles. The zero-order valence-corrected chi connectivity index (χ0v) is 13.1. The number of fused-ring (bicyclic) bond motifs is 1. The maximum atomic E-state index is 3.91. The molecule has 0 bridgehead atoms. The molecule has 2 rings (SSSR count). The van der Waals surface area contributed by atoms with Gasteiger partial charge in [-0.1, -0.05) is 0 Å². The van der Waals surface area contributed by atoms with Gasteiger partial charge in [-0.25, -0.2) is 0 Å². The third-order valence-electron chi connectivity index (χ3n) is 3.27. The van der Waals surface area contributed by atoms with Crippen LogP contribution in [0.3, 0.4) is 0 Å². The summed E-state index contributed by atoms with van der Waals surface area (Å²) in [5, 5.41) is 4.95. The topological polar surface area (TPSA) is 12.0 Å². The minimum atomic E-state index is -2.04. The minimum absolute atomic E-state index is 0. The Hall–Kier alpha value is -0.149. The van der Waals surface area contributed by atoms with Gasteiger partial charge >= 0.3 is 109 Å². The second-order valence-corrected chi connectivity index (χ2v) is 13.3. The van der Waals surface area contributed by atoms with E-state index < -0.39 is 16.8 Å². The molecule has 1 unspecified atom stereocenters. The molecule has 3 heteroatoms. The van der Waals surface area contributed by atoms with Gasteiger partial charge in [0.05, 0.1) is 0 Å². The van der Waals surface area contributed by atoms with Crippen LogP contribution in [0.1, 0.15) is 36.1 Å². The van der Waals surface area contributed by atoms with Crippen LogP contribution < -0.4 is 3.80 Å². The number of nitrogens with one attached hydrogen (secondary N) is 1. The van der Waals surface area contributed by atoms with Crippen LogP contribution in [0.25, 0.3) is 6.08 Å². The molecule has 0 heterocycles. The van der Waals surface area contributed by atoms with Gasteiger partial charge in [0.2, 0.25) is 0 Å². The summed E-state index contributed by atoms with van der Waals surface area (Å²) in [6.45, 7) is 6.81. The normalized spacial score (nSPS) is 18.4. The van der Waals surface area contributed by atoms with Crippen LogP contribution in [-0.4, -0.2) is 16.5 Å². The second kappa shape index (κ2) is 5.46. The molecule has 0 saturated carbocycles. The molecular weight excluding hydrogens is 270 g/mol. The van der Waals surface area contributed by atoms with Crippen LogP contribution in [0.2, 0.25) is 10.5 Å². The molecule has 0 fully saturated rings. The Balaban J connectivity index is 0.00000162. The first-order chi connectivity index (χ1) is 7.80. The van der Waals surface area contributed by atoms with E-state index in [9.17, 15) is 0 Å². The first kappa shape index (κ1) is 15.9. The Morgan fingerprint density at radius 1 is 1.11 bits per heavy atom. The average Bonchev–Trinajstić information content (AvgIpc) is 2.57. The zero-order valence-electron chi connectivity index (χ0n) is 11.5. The van der Waals surface area contributed by atoms with E-state index in [1.54, 1.807) is 0 Å². The maximum absolute atomic E-state index is 3.91. The first-order valence-electron chi connectivity index (χ1n) is 6.36. The predicted molar refractivity (Wildman–Crippen MR) is 84.2 cm³/mol.